The second kappa shape index (κ2) is 5.60. The number of hydrogen-bond donors (Lipinski definition) is 0. The smallest absolute Gasteiger partial charge is 0.292 e. The van der Waals surface area contributed by atoms with Crippen LogP contribution in [0.5, 0.6) is 0 Å². The lowest BCUT2D eigenvalue weighted by Gasteiger charge is -2.42. The van der Waals surface area contributed by atoms with E-state index in [1.54, 1.807) is 0 Å². The lowest BCUT2D eigenvalue weighted by atomic mass is 9.98. The van der Waals surface area contributed by atoms with Crippen molar-refractivity contribution in [1.82, 2.24) is 9.80 Å². The van der Waals surface area contributed by atoms with Crippen molar-refractivity contribution in [3.8, 4) is 0 Å². The topological polar surface area (TPSA) is 45.9 Å². The van der Waals surface area contributed by atoms with E-state index in [-0.39, 0.29) is 5.91 Å². The molecule has 3 heterocycles. The fraction of sp³-hybridized carbons (Fsp3) is 0.526. The molecule has 0 atom stereocenters. The van der Waals surface area contributed by atoms with Crippen molar-refractivity contribution in [2.45, 2.75) is 32.4 Å². The maximum atomic E-state index is 13.2. The van der Waals surface area contributed by atoms with E-state index >= 15 is 0 Å². The first-order valence-corrected chi connectivity index (χ1v) is 8.64. The molecule has 1 amide bonds. The molecule has 2 aliphatic rings. The molecule has 1 aromatic carbocycles. The predicted octanol–water partition coefficient (Wildman–Crippen LogP) is 2.94. The Morgan fingerprint density at radius 1 is 1.17 bits per heavy atom. The quantitative estimate of drug-likeness (QED) is 0.807. The third kappa shape index (κ3) is 2.34. The van der Waals surface area contributed by atoms with Crippen LogP contribution in [0.4, 0.5) is 0 Å². The van der Waals surface area contributed by atoms with Gasteiger partial charge in [-0.1, -0.05) is 11.6 Å². The fourth-order valence-corrected chi connectivity index (χ4v) is 3.94. The Morgan fingerprint density at radius 2 is 1.92 bits per heavy atom. The molecule has 0 bridgehead atoms. The number of amides is 1. The Kier molecular flexibility index (Phi) is 3.66. The number of nitrogens with zero attached hydrogens (tertiary/aromatic N) is 2. The van der Waals surface area contributed by atoms with Crippen molar-refractivity contribution in [3.05, 3.63) is 35.1 Å². The van der Waals surface area contributed by atoms with Crippen LogP contribution in [0.25, 0.3) is 11.0 Å². The number of carbonyl (C=O) groups excluding carboxylic acids is 1. The maximum Gasteiger partial charge on any atom is 0.292 e. The van der Waals surface area contributed by atoms with Crippen LogP contribution in [0.1, 0.15) is 34.5 Å². The van der Waals surface area contributed by atoms with E-state index in [2.05, 4.69) is 24.9 Å². The van der Waals surface area contributed by atoms with Crippen LogP contribution in [-0.2, 0) is 4.74 Å². The maximum absolute atomic E-state index is 13.2. The van der Waals surface area contributed by atoms with Gasteiger partial charge >= 0.3 is 0 Å². The van der Waals surface area contributed by atoms with Crippen LogP contribution >= 0.6 is 0 Å². The Labute approximate surface area is 142 Å². The van der Waals surface area contributed by atoms with E-state index in [0.717, 1.165) is 42.5 Å². The van der Waals surface area contributed by atoms with Gasteiger partial charge in [0.25, 0.3) is 5.91 Å². The van der Waals surface area contributed by atoms with Crippen LogP contribution in [0.2, 0.25) is 0 Å². The Bertz CT molecular complexity index is 787. The summed E-state index contributed by atoms with van der Waals surface area (Å²) >= 11 is 0. The van der Waals surface area contributed by atoms with Crippen LogP contribution in [-0.4, -0.2) is 54.7 Å². The molecule has 0 saturated carbocycles. The highest BCUT2D eigenvalue weighted by molar-refractivity contribution is 5.99. The Morgan fingerprint density at radius 3 is 2.67 bits per heavy atom. The zero-order valence-corrected chi connectivity index (χ0v) is 14.6. The van der Waals surface area contributed by atoms with E-state index in [4.69, 9.17) is 9.15 Å². The summed E-state index contributed by atoms with van der Waals surface area (Å²) in [6, 6.07) is 6.04. The summed E-state index contributed by atoms with van der Waals surface area (Å²) < 4.78 is 12.0. The third-order valence-corrected chi connectivity index (χ3v) is 5.48. The summed E-state index contributed by atoms with van der Waals surface area (Å²) in [5.41, 5.74) is 2.42. The molecule has 128 valence electrons. The first-order chi connectivity index (χ1) is 11.5. The van der Waals surface area contributed by atoms with Gasteiger partial charge in [-0.2, -0.15) is 0 Å². The van der Waals surface area contributed by atoms with Crippen molar-refractivity contribution in [2.75, 3.05) is 33.3 Å². The van der Waals surface area contributed by atoms with Gasteiger partial charge in [0.1, 0.15) is 11.3 Å². The molecule has 0 unspecified atom stereocenters. The minimum Gasteiger partial charge on any atom is -0.451 e. The van der Waals surface area contributed by atoms with Gasteiger partial charge < -0.3 is 19.0 Å². The zero-order chi connectivity index (χ0) is 16.9. The lowest BCUT2D eigenvalue weighted by Crippen LogP contribution is -2.54. The van der Waals surface area contributed by atoms with E-state index in [0.29, 0.717) is 18.9 Å². The molecule has 2 saturated heterocycles. The second-order valence-electron chi connectivity index (χ2n) is 7.11. The highest BCUT2D eigenvalue weighted by Gasteiger charge is 2.47. The molecule has 0 N–H and O–H groups in total. The van der Waals surface area contributed by atoms with E-state index in [1.807, 2.05) is 24.0 Å². The van der Waals surface area contributed by atoms with Crippen molar-refractivity contribution in [3.63, 3.8) is 0 Å². The molecule has 2 fully saturated rings. The van der Waals surface area contributed by atoms with Crippen LogP contribution in [0.15, 0.2) is 22.6 Å². The van der Waals surface area contributed by atoms with Gasteiger partial charge in [-0.15, -0.1) is 0 Å². The van der Waals surface area contributed by atoms with Crippen LogP contribution in [0, 0.1) is 13.8 Å². The second-order valence-corrected chi connectivity index (χ2v) is 7.11. The average molecular weight is 328 g/mol. The molecule has 4 rings (SSSR count). The molecule has 2 aliphatic heterocycles. The molecular formula is C19H24N2O3. The normalized spacial score (nSPS) is 21.0. The monoisotopic (exact) mass is 328 g/mol. The third-order valence-electron chi connectivity index (χ3n) is 5.48. The van der Waals surface area contributed by atoms with Crippen molar-refractivity contribution >= 4 is 16.9 Å². The molecule has 24 heavy (non-hydrogen) atoms. The number of fused-ring (bicyclic) bond motifs is 1. The van der Waals surface area contributed by atoms with E-state index in [9.17, 15) is 4.79 Å². The highest BCUT2D eigenvalue weighted by Crippen LogP contribution is 2.36. The van der Waals surface area contributed by atoms with E-state index < -0.39 is 5.72 Å². The van der Waals surface area contributed by atoms with Crippen molar-refractivity contribution < 1.29 is 13.9 Å². The summed E-state index contributed by atoms with van der Waals surface area (Å²) in [5, 5.41) is 1.02. The van der Waals surface area contributed by atoms with Crippen LogP contribution in [0.3, 0.4) is 0 Å². The number of carbonyl (C=O) groups is 1. The van der Waals surface area contributed by atoms with Crippen molar-refractivity contribution in [1.29, 1.82) is 0 Å². The predicted molar refractivity (Wildman–Crippen MR) is 92.1 cm³/mol. The first-order valence-electron chi connectivity index (χ1n) is 8.64. The van der Waals surface area contributed by atoms with Gasteiger partial charge in [0.15, 0.2) is 5.76 Å². The summed E-state index contributed by atoms with van der Waals surface area (Å²) in [6.45, 7) is 7.15. The average Bonchev–Trinajstić information content (AvgIpc) is 3.12. The number of aryl methyl sites for hydroxylation is 2. The lowest BCUT2D eigenvalue weighted by molar-refractivity contribution is -0.103. The Hall–Kier alpha value is -1.85. The molecule has 0 aliphatic carbocycles. The van der Waals surface area contributed by atoms with Gasteiger partial charge in [0.05, 0.1) is 6.61 Å². The zero-order valence-electron chi connectivity index (χ0n) is 14.6. The fourth-order valence-electron chi connectivity index (χ4n) is 3.94. The number of furan rings is 1. The number of ether oxygens (including phenoxy) is 1. The SMILES string of the molecule is Cc1ccc2oc(C(=O)N3CCOC34CCN(C)CC4)c(C)c2c1. The summed E-state index contributed by atoms with van der Waals surface area (Å²) in [4.78, 5) is 17.4. The number of rotatable bonds is 1. The standard InChI is InChI=1S/C19H24N2O3/c1-13-4-5-16-15(12-13)14(2)17(24-16)18(22)21-10-11-23-19(21)6-8-20(3)9-7-19/h4-5,12H,6-11H2,1-3H3. The number of benzene rings is 1. The first kappa shape index (κ1) is 15.7. The van der Waals surface area contributed by atoms with Gasteiger partial charge in [-0.3, -0.25) is 4.79 Å². The van der Waals surface area contributed by atoms with Gasteiger partial charge in [0.2, 0.25) is 0 Å². The molecule has 1 aromatic heterocycles. The molecule has 5 heteroatoms. The summed E-state index contributed by atoms with van der Waals surface area (Å²) in [5.74, 6) is 0.419. The largest absolute Gasteiger partial charge is 0.451 e. The highest BCUT2D eigenvalue weighted by atomic mass is 16.5. The molecule has 1 spiro atoms. The minimum atomic E-state index is -0.453. The van der Waals surface area contributed by atoms with E-state index in [1.165, 1.54) is 5.56 Å². The summed E-state index contributed by atoms with van der Waals surface area (Å²) in [7, 11) is 2.11. The summed E-state index contributed by atoms with van der Waals surface area (Å²) in [6.07, 6.45) is 1.71. The minimum absolute atomic E-state index is 0.0385. The molecule has 0 radical (unpaired) electrons. The number of hydrogen-bond acceptors (Lipinski definition) is 4. The van der Waals surface area contributed by atoms with Crippen molar-refractivity contribution in [2.24, 2.45) is 0 Å². The number of likely N-dealkylation sites (tertiary alicyclic amines) is 1. The van der Waals surface area contributed by atoms with Gasteiger partial charge in [0, 0.05) is 43.4 Å². The Balaban J connectivity index is 1.69. The van der Waals surface area contributed by atoms with Gasteiger partial charge in [-0.05, 0) is 33.0 Å². The molecule has 5 nitrogen and oxygen atoms in total. The van der Waals surface area contributed by atoms with Gasteiger partial charge in [-0.25, -0.2) is 0 Å². The molecule has 2 aromatic rings. The van der Waals surface area contributed by atoms with Crippen LogP contribution < -0.4 is 0 Å². The molecular weight excluding hydrogens is 304 g/mol. The number of piperidine rings is 1.